The fraction of sp³-hybridized carbons (Fsp3) is 0.923. The van der Waals surface area contributed by atoms with Crippen molar-refractivity contribution >= 4 is 0 Å². The Hall–Kier alpha value is -0.590. The van der Waals surface area contributed by atoms with Crippen LogP contribution in [0.25, 0.3) is 0 Å². The van der Waals surface area contributed by atoms with Crippen molar-refractivity contribution in [2.24, 2.45) is 5.92 Å². The standard InChI is InChI=1S/C13H25N3/c1-4-13(9-14)16-7-5-12(6-8-16)10-15-11(2)3/h11-13,15H,4-8,10H2,1-3H3. The second-order valence-electron chi connectivity index (χ2n) is 5.10. The molecule has 0 aliphatic carbocycles. The van der Waals surface area contributed by atoms with Gasteiger partial charge in [-0.1, -0.05) is 20.8 Å². The van der Waals surface area contributed by atoms with E-state index in [1.165, 1.54) is 12.8 Å². The molecule has 1 saturated heterocycles. The third kappa shape index (κ3) is 4.11. The number of rotatable bonds is 5. The minimum absolute atomic E-state index is 0.138. The molecule has 1 aliphatic rings. The number of nitriles is 1. The van der Waals surface area contributed by atoms with Gasteiger partial charge in [0.2, 0.25) is 0 Å². The molecule has 0 spiro atoms. The van der Waals surface area contributed by atoms with Gasteiger partial charge in [0.25, 0.3) is 0 Å². The van der Waals surface area contributed by atoms with E-state index in [9.17, 15) is 0 Å². The first-order valence-corrected chi connectivity index (χ1v) is 6.54. The van der Waals surface area contributed by atoms with Gasteiger partial charge in [0.1, 0.15) is 0 Å². The molecule has 1 rings (SSSR count). The lowest BCUT2D eigenvalue weighted by Gasteiger charge is -2.34. The fourth-order valence-corrected chi connectivity index (χ4v) is 2.30. The van der Waals surface area contributed by atoms with Crippen LogP contribution in [-0.2, 0) is 0 Å². The molecule has 0 bridgehead atoms. The van der Waals surface area contributed by atoms with Crippen LogP contribution in [0.5, 0.6) is 0 Å². The molecule has 3 heteroatoms. The molecular formula is C13H25N3. The van der Waals surface area contributed by atoms with Gasteiger partial charge in [0.15, 0.2) is 0 Å². The van der Waals surface area contributed by atoms with Crippen LogP contribution >= 0.6 is 0 Å². The van der Waals surface area contributed by atoms with E-state index in [-0.39, 0.29) is 6.04 Å². The first-order valence-electron chi connectivity index (χ1n) is 6.54. The Morgan fingerprint density at radius 2 is 2.00 bits per heavy atom. The molecule has 3 nitrogen and oxygen atoms in total. The van der Waals surface area contributed by atoms with Crippen molar-refractivity contribution in [3.8, 4) is 6.07 Å². The largest absolute Gasteiger partial charge is 0.314 e. The third-order valence-electron chi connectivity index (χ3n) is 3.44. The Balaban J connectivity index is 2.26. The van der Waals surface area contributed by atoms with Crippen molar-refractivity contribution in [1.82, 2.24) is 10.2 Å². The molecule has 1 unspecified atom stereocenters. The number of nitrogens with zero attached hydrogens (tertiary/aromatic N) is 2. The van der Waals surface area contributed by atoms with Gasteiger partial charge >= 0.3 is 0 Å². The SMILES string of the molecule is CCC(C#N)N1CCC(CNC(C)C)CC1. The topological polar surface area (TPSA) is 39.1 Å². The molecular weight excluding hydrogens is 198 g/mol. The Labute approximate surface area is 99.8 Å². The van der Waals surface area contributed by atoms with Crippen LogP contribution in [-0.4, -0.2) is 36.6 Å². The van der Waals surface area contributed by atoms with Gasteiger partial charge in [-0.05, 0) is 44.8 Å². The van der Waals surface area contributed by atoms with E-state index in [1.807, 2.05) is 0 Å². The van der Waals surface area contributed by atoms with Gasteiger partial charge in [-0.3, -0.25) is 4.90 Å². The summed E-state index contributed by atoms with van der Waals surface area (Å²) in [4.78, 5) is 2.34. The van der Waals surface area contributed by atoms with Gasteiger partial charge in [-0.2, -0.15) is 5.26 Å². The maximum absolute atomic E-state index is 9.02. The van der Waals surface area contributed by atoms with Crippen LogP contribution in [0.1, 0.15) is 40.0 Å². The van der Waals surface area contributed by atoms with Crippen LogP contribution in [0, 0.1) is 17.2 Å². The molecule has 0 saturated carbocycles. The van der Waals surface area contributed by atoms with Gasteiger partial charge in [0, 0.05) is 6.04 Å². The van der Waals surface area contributed by atoms with Crippen molar-refractivity contribution in [2.45, 2.75) is 52.1 Å². The summed E-state index contributed by atoms with van der Waals surface area (Å²) >= 11 is 0. The van der Waals surface area contributed by atoms with Crippen LogP contribution in [0.2, 0.25) is 0 Å². The predicted molar refractivity (Wildman–Crippen MR) is 67.1 cm³/mol. The molecule has 1 N–H and O–H groups in total. The van der Waals surface area contributed by atoms with Crippen molar-refractivity contribution in [3.05, 3.63) is 0 Å². The predicted octanol–water partition coefficient (Wildman–Crippen LogP) is 2.00. The summed E-state index contributed by atoms with van der Waals surface area (Å²) in [6.07, 6.45) is 3.42. The molecule has 1 aliphatic heterocycles. The van der Waals surface area contributed by atoms with Crippen molar-refractivity contribution in [3.63, 3.8) is 0 Å². The summed E-state index contributed by atoms with van der Waals surface area (Å²) in [5, 5.41) is 12.5. The number of piperidine rings is 1. The van der Waals surface area contributed by atoms with Crippen molar-refractivity contribution in [2.75, 3.05) is 19.6 Å². The molecule has 0 aromatic rings. The minimum atomic E-state index is 0.138. The molecule has 1 fully saturated rings. The molecule has 92 valence electrons. The van der Waals surface area contributed by atoms with E-state index in [4.69, 9.17) is 5.26 Å². The number of likely N-dealkylation sites (tertiary alicyclic amines) is 1. The molecule has 1 heterocycles. The maximum atomic E-state index is 9.02. The highest BCUT2D eigenvalue weighted by atomic mass is 15.2. The molecule has 0 radical (unpaired) electrons. The van der Waals surface area contributed by atoms with E-state index in [0.29, 0.717) is 6.04 Å². The summed E-state index contributed by atoms with van der Waals surface area (Å²) in [5.41, 5.74) is 0. The zero-order valence-electron chi connectivity index (χ0n) is 10.9. The average molecular weight is 223 g/mol. The summed E-state index contributed by atoms with van der Waals surface area (Å²) in [7, 11) is 0. The van der Waals surface area contributed by atoms with Gasteiger partial charge < -0.3 is 5.32 Å². The molecule has 1 atom stereocenters. The summed E-state index contributed by atoms with van der Waals surface area (Å²) < 4.78 is 0. The third-order valence-corrected chi connectivity index (χ3v) is 3.44. The lowest BCUT2D eigenvalue weighted by atomic mass is 9.95. The lowest BCUT2D eigenvalue weighted by Crippen LogP contribution is -2.43. The normalized spacial score (nSPS) is 20.9. The lowest BCUT2D eigenvalue weighted by molar-refractivity contribution is 0.153. The summed E-state index contributed by atoms with van der Waals surface area (Å²) in [5.74, 6) is 0.801. The Kier molecular flexibility index (Phi) is 5.79. The highest BCUT2D eigenvalue weighted by molar-refractivity contribution is 4.92. The quantitative estimate of drug-likeness (QED) is 0.775. The highest BCUT2D eigenvalue weighted by Gasteiger charge is 2.23. The molecule has 16 heavy (non-hydrogen) atoms. The van der Waals surface area contributed by atoms with Crippen molar-refractivity contribution < 1.29 is 0 Å². The first-order chi connectivity index (χ1) is 7.67. The van der Waals surface area contributed by atoms with Crippen LogP contribution in [0.15, 0.2) is 0 Å². The Morgan fingerprint density at radius 1 is 1.38 bits per heavy atom. The monoisotopic (exact) mass is 223 g/mol. The van der Waals surface area contributed by atoms with Crippen LogP contribution < -0.4 is 5.32 Å². The Bertz CT molecular complexity index is 224. The van der Waals surface area contributed by atoms with Gasteiger partial charge in [0.05, 0.1) is 12.1 Å². The molecule has 0 amide bonds. The minimum Gasteiger partial charge on any atom is -0.314 e. The van der Waals surface area contributed by atoms with Crippen molar-refractivity contribution in [1.29, 1.82) is 5.26 Å². The molecule has 0 aromatic heterocycles. The van der Waals surface area contributed by atoms with E-state index in [1.54, 1.807) is 0 Å². The zero-order chi connectivity index (χ0) is 12.0. The van der Waals surface area contributed by atoms with Crippen LogP contribution in [0.3, 0.4) is 0 Å². The van der Waals surface area contributed by atoms with Gasteiger partial charge in [-0.15, -0.1) is 0 Å². The number of hydrogen-bond acceptors (Lipinski definition) is 3. The molecule has 0 aromatic carbocycles. The van der Waals surface area contributed by atoms with E-state index >= 15 is 0 Å². The van der Waals surface area contributed by atoms with E-state index in [0.717, 1.165) is 32.0 Å². The summed E-state index contributed by atoms with van der Waals surface area (Å²) in [6.45, 7) is 9.80. The first kappa shape index (κ1) is 13.5. The second kappa shape index (κ2) is 6.88. The summed E-state index contributed by atoms with van der Waals surface area (Å²) in [6, 6.07) is 3.12. The highest BCUT2D eigenvalue weighted by Crippen LogP contribution is 2.19. The second-order valence-corrected chi connectivity index (χ2v) is 5.10. The fourth-order valence-electron chi connectivity index (χ4n) is 2.30. The smallest absolute Gasteiger partial charge is 0.0975 e. The zero-order valence-corrected chi connectivity index (χ0v) is 10.9. The van der Waals surface area contributed by atoms with E-state index < -0.39 is 0 Å². The van der Waals surface area contributed by atoms with E-state index in [2.05, 4.69) is 37.1 Å². The Morgan fingerprint density at radius 3 is 2.44 bits per heavy atom. The number of nitrogens with one attached hydrogen (secondary N) is 1. The van der Waals surface area contributed by atoms with Crippen LogP contribution in [0.4, 0.5) is 0 Å². The van der Waals surface area contributed by atoms with Gasteiger partial charge in [-0.25, -0.2) is 0 Å². The average Bonchev–Trinajstić information content (AvgIpc) is 2.29. The maximum Gasteiger partial charge on any atom is 0.0975 e. The number of hydrogen-bond donors (Lipinski definition) is 1.